The van der Waals surface area contributed by atoms with E-state index in [-0.39, 0.29) is 35.4 Å². The van der Waals surface area contributed by atoms with Crippen molar-refractivity contribution in [2.75, 3.05) is 39.8 Å². The molecule has 0 saturated carbocycles. The number of nitrogens with zero attached hydrogens (tertiary/aromatic N) is 2. The van der Waals surface area contributed by atoms with Gasteiger partial charge in [0.05, 0.1) is 12.1 Å². The molecule has 0 atom stereocenters. The smallest absolute Gasteiger partial charge is 0.257 e. The van der Waals surface area contributed by atoms with Crippen molar-refractivity contribution in [2.45, 2.75) is 0 Å². The summed E-state index contributed by atoms with van der Waals surface area (Å²) in [7, 11) is 1.48. The second-order valence-corrected chi connectivity index (χ2v) is 5.35. The van der Waals surface area contributed by atoms with Gasteiger partial charge in [0.25, 0.3) is 5.91 Å². The Hall–Kier alpha value is -1.37. The van der Waals surface area contributed by atoms with Gasteiger partial charge in [0, 0.05) is 38.2 Å². The van der Waals surface area contributed by atoms with Gasteiger partial charge in [0.2, 0.25) is 5.91 Å². The van der Waals surface area contributed by atoms with Crippen molar-refractivity contribution in [1.82, 2.24) is 15.1 Å². The predicted octanol–water partition coefficient (Wildman–Crippen LogP) is 1.40. The SMILES string of the molecule is CN(CC(=O)N1CCNCC1)C(=O)c1ccc(Cl)cc1F.Cl. The summed E-state index contributed by atoms with van der Waals surface area (Å²) in [5, 5.41) is 3.37. The van der Waals surface area contributed by atoms with Crippen LogP contribution in [0, 0.1) is 5.82 Å². The fourth-order valence-electron chi connectivity index (χ4n) is 2.16. The van der Waals surface area contributed by atoms with E-state index in [4.69, 9.17) is 11.6 Å². The molecule has 5 nitrogen and oxygen atoms in total. The van der Waals surface area contributed by atoms with Crippen LogP contribution < -0.4 is 5.32 Å². The zero-order valence-corrected chi connectivity index (χ0v) is 13.7. The highest BCUT2D eigenvalue weighted by Gasteiger charge is 2.22. The first-order valence-electron chi connectivity index (χ1n) is 6.68. The van der Waals surface area contributed by atoms with E-state index in [0.29, 0.717) is 13.1 Å². The first-order valence-corrected chi connectivity index (χ1v) is 7.06. The van der Waals surface area contributed by atoms with E-state index < -0.39 is 11.7 Å². The number of hydrogen-bond acceptors (Lipinski definition) is 3. The normalized spacial score (nSPS) is 14.2. The van der Waals surface area contributed by atoms with Gasteiger partial charge in [-0.05, 0) is 18.2 Å². The first-order chi connectivity index (χ1) is 9.99. The summed E-state index contributed by atoms with van der Waals surface area (Å²) >= 11 is 5.66. The molecule has 1 aromatic rings. The fourth-order valence-corrected chi connectivity index (χ4v) is 2.32. The number of amides is 2. The Morgan fingerprint density at radius 1 is 1.36 bits per heavy atom. The highest BCUT2D eigenvalue weighted by Crippen LogP contribution is 2.16. The van der Waals surface area contributed by atoms with Gasteiger partial charge in [-0.25, -0.2) is 4.39 Å². The summed E-state index contributed by atoms with van der Waals surface area (Å²) in [6, 6.07) is 3.86. The van der Waals surface area contributed by atoms with Crippen LogP contribution in [0.25, 0.3) is 0 Å². The van der Waals surface area contributed by atoms with Crippen molar-refractivity contribution in [3.63, 3.8) is 0 Å². The lowest BCUT2D eigenvalue weighted by atomic mass is 10.2. The number of nitrogens with one attached hydrogen (secondary N) is 1. The molecule has 1 fully saturated rings. The molecule has 0 aromatic heterocycles. The van der Waals surface area contributed by atoms with Crippen LogP contribution in [0.4, 0.5) is 4.39 Å². The molecule has 1 aromatic carbocycles. The Balaban J connectivity index is 0.00000242. The Kier molecular flexibility index (Phi) is 7.06. The fraction of sp³-hybridized carbons (Fsp3) is 0.429. The van der Waals surface area contributed by atoms with Crippen molar-refractivity contribution < 1.29 is 14.0 Å². The molecule has 122 valence electrons. The molecule has 1 aliphatic rings. The molecule has 0 aliphatic carbocycles. The van der Waals surface area contributed by atoms with E-state index >= 15 is 0 Å². The van der Waals surface area contributed by atoms with Crippen LogP contribution in [0.1, 0.15) is 10.4 Å². The van der Waals surface area contributed by atoms with Crippen LogP contribution in [0.2, 0.25) is 5.02 Å². The number of hydrogen-bond donors (Lipinski definition) is 1. The lowest BCUT2D eigenvalue weighted by molar-refractivity contribution is -0.132. The lowest BCUT2D eigenvalue weighted by Crippen LogP contribution is -2.49. The number of carbonyl (C=O) groups is 2. The lowest BCUT2D eigenvalue weighted by Gasteiger charge is -2.29. The zero-order chi connectivity index (χ0) is 15.4. The molecule has 1 saturated heterocycles. The van der Waals surface area contributed by atoms with Gasteiger partial charge in [0.1, 0.15) is 5.82 Å². The van der Waals surface area contributed by atoms with Crippen molar-refractivity contribution in [3.8, 4) is 0 Å². The van der Waals surface area contributed by atoms with Gasteiger partial charge in [-0.3, -0.25) is 9.59 Å². The molecule has 0 spiro atoms. The van der Waals surface area contributed by atoms with E-state index in [1.54, 1.807) is 4.90 Å². The quantitative estimate of drug-likeness (QED) is 0.897. The van der Waals surface area contributed by atoms with Crippen LogP contribution >= 0.6 is 24.0 Å². The number of carbonyl (C=O) groups excluding carboxylic acids is 2. The predicted molar refractivity (Wildman–Crippen MR) is 85.1 cm³/mol. The molecule has 22 heavy (non-hydrogen) atoms. The maximum absolute atomic E-state index is 13.7. The summed E-state index contributed by atoms with van der Waals surface area (Å²) in [4.78, 5) is 27.1. The third-order valence-corrected chi connectivity index (χ3v) is 3.59. The molecule has 1 aliphatic heterocycles. The van der Waals surface area contributed by atoms with Crippen molar-refractivity contribution in [2.24, 2.45) is 0 Å². The van der Waals surface area contributed by atoms with E-state index in [2.05, 4.69) is 5.32 Å². The van der Waals surface area contributed by atoms with Gasteiger partial charge >= 0.3 is 0 Å². The molecule has 0 bridgehead atoms. The van der Waals surface area contributed by atoms with E-state index in [1.807, 2.05) is 0 Å². The molecular weight excluding hydrogens is 332 g/mol. The third-order valence-electron chi connectivity index (χ3n) is 3.35. The third kappa shape index (κ3) is 4.56. The van der Waals surface area contributed by atoms with Crippen molar-refractivity contribution in [1.29, 1.82) is 0 Å². The molecule has 1 N–H and O–H groups in total. The molecule has 0 radical (unpaired) electrons. The molecule has 1 heterocycles. The Morgan fingerprint density at radius 2 is 2.00 bits per heavy atom. The molecule has 2 amide bonds. The highest BCUT2D eigenvalue weighted by molar-refractivity contribution is 6.30. The highest BCUT2D eigenvalue weighted by atomic mass is 35.5. The topological polar surface area (TPSA) is 52.7 Å². The number of rotatable bonds is 3. The van der Waals surface area contributed by atoms with Crippen LogP contribution in [0.3, 0.4) is 0 Å². The summed E-state index contributed by atoms with van der Waals surface area (Å²) < 4.78 is 13.7. The Bertz CT molecular complexity index is 551. The van der Waals surface area contributed by atoms with E-state index in [0.717, 1.165) is 19.2 Å². The average Bonchev–Trinajstić information content (AvgIpc) is 2.47. The minimum absolute atomic E-state index is 0. The maximum atomic E-state index is 13.7. The van der Waals surface area contributed by atoms with Crippen LogP contribution in [-0.2, 0) is 4.79 Å². The second-order valence-electron chi connectivity index (χ2n) is 4.92. The van der Waals surface area contributed by atoms with Crippen molar-refractivity contribution >= 4 is 35.8 Å². The van der Waals surface area contributed by atoms with Gasteiger partial charge in [-0.2, -0.15) is 0 Å². The maximum Gasteiger partial charge on any atom is 0.257 e. The summed E-state index contributed by atoms with van der Waals surface area (Å²) in [5.41, 5.74) is -0.0880. The van der Waals surface area contributed by atoms with Crippen LogP contribution in [-0.4, -0.2) is 61.4 Å². The standard InChI is InChI=1S/C14H17ClFN3O2.ClH/c1-18(9-13(20)19-6-4-17-5-7-19)14(21)11-3-2-10(15)8-12(11)16;/h2-3,8,17H,4-7,9H2,1H3;1H. The van der Waals surface area contributed by atoms with Gasteiger partial charge in [0.15, 0.2) is 0 Å². The summed E-state index contributed by atoms with van der Waals surface area (Å²) in [6.07, 6.45) is 0. The molecule has 8 heteroatoms. The minimum Gasteiger partial charge on any atom is -0.339 e. The van der Waals surface area contributed by atoms with E-state index in [9.17, 15) is 14.0 Å². The summed E-state index contributed by atoms with van der Waals surface area (Å²) in [5.74, 6) is -1.36. The van der Waals surface area contributed by atoms with E-state index in [1.165, 1.54) is 24.1 Å². The van der Waals surface area contributed by atoms with Crippen LogP contribution in [0.15, 0.2) is 18.2 Å². The number of likely N-dealkylation sites (N-methyl/N-ethyl adjacent to an activating group) is 1. The van der Waals surface area contributed by atoms with Crippen LogP contribution in [0.5, 0.6) is 0 Å². The number of benzene rings is 1. The number of piperazine rings is 1. The molecule has 0 unspecified atom stereocenters. The first kappa shape index (κ1) is 18.7. The van der Waals surface area contributed by atoms with Gasteiger partial charge in [-0.15, -0.1) is 12.4 Å². The zero-order valence-electron chi connectivity index (χ0n) is 12.1. The average molecular weight is 350 g/mol. The molecule has 2 rings (SSSR count). The minimum atomic E-state index is -0.686. The van der Waals surface area contributed by atoms with Gasteiger partial charge in [-0.1, -0.05) is 11.6 Å². The Morgan fingerprint density at radius 3 is 2.59 bits per heavy atom. The van der Waals surface area contributed by atoms with Gasteiger partial charge < -0.3 is 15.1 Å². The second kappa shape index (κ2) is 8.31. The molecular formula is C14H18Cl2FN3O2. The summed E-state index contributed by atoms with van der Waals surface area (Å²) in [6.45, 7) is 2.66. The Labute approximate surface area is 139 Å². The number of halogens is 3. The largest absolute Gasteiger partial charge is 0.339 e. The van der Waals surface area contributed by atoms with Crippen molar-refractivity contribution in [3.05, 3.63) is 34.6 Å². The monoisotopic (exact) mass is 349 g/mol.